The molecule has 1 atom stereocenters. The normalized spacial score (nSPS) is 19.0. The molecule has 8 heteroatoms. The van der Waals surface area contributed by atoms with Crippen LogP contribution in [0.2, 0.25) is 10.0 Å². The first kappa shape index (κ1) is 22.5. The second kappa shape index (κ2) is 10.3. The highest BCUT2D eigenvalue weighted by Crippen LogP contribution is 2.32. The van der Waals surface area contributed by atoms with Gasteiger partial charge in [-0.1, -0.05) is 35.3 Å². The molecule has 0 unspecified atom stereocenters. The zero-order valence-corrected chi connectivity index (χ0v) is 19.4. The number of nitrogens with zero attached hydrogens (tertiary/aromatic N) is 2. The van der Waals surface area contributed by atoms with Crippen LogP contribution in [0.1, 0.15) is 28.8 Å². The first-order valence-corrected chi connectivity index (χ1v) is 12.1. The predicted octanol–water partition coefficient (Wildman–Crippen LogP) is 4.75. The topological polar surface area (TPSA) is 49.9 Å². The van der Waals surface area contributed by atoms with Gasteiger partial charge in [-0.3, -0.25) is 9.59 Å². The fourth-order valence-corrected chi connectivity index (χ4v) is 5.23. The molecule has 2 fully saturated rings. The van der Waals surface area contributed by atoms with E-state index in [0.29, 0.717) is 48.4 Å². The number of carbonyl (C=O) groups is 2. The lowest BCUT2D eigenvalue weighted by molar-refractivity contribution is -0.142. The summed E-state index contributed by atoms with van der Waals surface area (Å²) in [6.07, 6.45) is 1.44. The van der Waals surface area contributed by atoms with Gasteiger partial charge in [-0.25, -0.2) is 0 Å². The van der Waals surface area contributed by atoms with E-state index in [2.05, 4.69) is 0 Å². The molecule has 2 aromatic carbocycles. The van der Waals surface area contributed by atoms with Gasteiger partial charge in [-0.05, 0) is 48.7 Å². The molecule has 5 nitrogen and oxygen atoms in total. The van der Waals surface area contributed by atoms with E-state index >= 15 is 0 Å². The molecule has 0 N–H and O–H groups in total. The number of thioether (sulfide) groups is 1. The third-order valence-corrected chi connectivity index (χ3v) is 7.38. The molecule has 0 saturated carbocycles. The number of rotatable bonds is 5. The minimum absolute atomic E-state index is 0.00121. The molecule has 2 aliphatic heterocycles. The highest BCUT2D eigenvalue weighted by molar-refractivity contribution is 7.98. The van der Waals surface area contributed by atoms with Gasteiger partial charge in [-0.2, -0.15) is 0 Å². The maximum Gasteiger partial charge on any atom is 0.253 e. The predicted molar refractivity (Wildman–Crippen MR) is 124 cm³/mol. The van der Waals surface area contributed by atoms with Crippen molar-refractivity contribution in [3.63, 3.8) is 0 Å². The maximum absolute atomic E-state index is 12.9. The van der Waals surface area contributed by atoms with Crippen LogP contribution in [-0.2, 0) is 15.3 Å². The molecule has 2 amide bonds. The zero-order chi connectivity index (χ0) is 21.8. The Labute approximate surface area is 196 Å². The van der Waals surface area contributed by atoms with E-state index in [9.17, 15) is 9.59 Å². The summed E-state index contributed by atoms with van der Waals surface area (Å²) in [5, 5.41) is 1.34. The van der Waals surface area contributed by atoms with E-state index < -0.39 is 0 Å². The Morgan fingerprint density at radius 2 is 1.71 bits per heavy atom. The summed E-state index contributed by atoms with van der Waals surface area (Å²) in [4.78, 5) is 29.9. The molecular weight excluding hydrogens is 455 g/mol. The standard InChI is InChI=1S/C23H24Cl2N2O3S/c24-18-7-8-19(25)21(14-18)31-15-16-3-5-17(6-4-16)22(28)26-9-11-27(12-10-26)23(29)20-2-1-13-30-20/h3-8,14,20H,1-2,9-13,15H2/t20-/m0/s1. The van der Waals surface area contributed by atoms with Gasteiger partial charge < -0.3 is 14.5 Å². The molecule has 2 aromatic rings. The molecule has 164 valence electrons. The van der Waals surface area contributed by atoms with Gasteiger partial charge in [0.15, 0.2) is 0 Å². The Bertz CT molecular complexity index is 940. The fourth-order valence-electron chi connectivity index (χ4n) is 3.78. The Kier molecular flexibility index (Phi) is 7.43. The van der Waals surface area contributed by atoms with Crippen LogP contribution >= 0.6 is 35.0 Å². The first-order chi connectivity index (χ1) is 15.0. The number of halogens is 2. The molecule has 2 saturated heterocycles. The Hall–Kier alpha value is -1.73. The van der Waals surface area contributed by atoms with E-state index in [4.69, 9.17) is 27.9 Å². The van der Waals surface area contributed by atoms with Crippen LogP contribution in [0.4, 0.5) is 0 Å². The lowest BCUT2D eigenvalue weighted by atomic mass is 10.1. The highest BCUT2D eigenvalue weighted by atomic mass is 35.5. The summed E-state index contributed by atoms with van der Waals surface area (Å²) in [6.45, 7) is 2.86. The van der Waals surface area contributed by atoms with Crippen molar-refractivity contribution in [2.24, 2.45) is 0 Å². The Morgan fingerprint density at radius 1 is 1.00 bits per heavy atom. The monoisotopic (exact) mass is 478 g/mol. The average Bonchev–Trinajstić information content (AvgIpc) is 3.34. The lowest BCUT2D eigenvalue weighted by Gasteiger charge is -2.35. The largest absolute Gasteiger partial charge is 0.368 e. The van der Waals surface area contributed by atoms with Gasteiger partial charge in [0.2, 0.25) is 0 Å². The summed E-state index contributed by atoms with van der Waals surface area (Å²) >= 11 is 13.9. The van der Waals surface area contributed by atoms with Crippen molar-refractivity contribution in [3.05, 3.63) is 63.6 Å². The summed E-state index contributed by atoms with van der Waals surface area (Å²) < 4.78 is 5.50. The summed E-state index contributed by atoms with van der Waals surface area (Å²) in [7, 11) is 0. The van der Waals surface area contributed by atoms with Gasteiger partial charge in [0, 0.05) is 54.0 Å². The second-order valence-electron chi connectivity index (χ2n) is 7.68. The van der Waals surface area contributed by atoms with Gasteiger partial charge in [0.1, 0.15) is 6.10 Å². The third-order valence-electron chi connectivity index (χ3n) is 5.57. The SMILES string of the molecule is O=C(c1ccc(CSc2cc(Cl)ccc2Cl)cc1)N1CCN(C(=O)[C@@H]2CCCO2)CC1. The van der Waals surface area contributed by atoms with Crippen LogP contribution in [0.15, 0.2) is 47.4 Å². The van der Waals surface area contributed by atoms with Crippen molar-refractivity contribution in [3.8, 4) is 0 Å². The number of benzene rings is 2. The number of ether oxygens (including phenoxy) is 1. The van der Waals surface area contributed by atoms with Gasteiger partial charge >= 0.3 is 0 Å². The van der Waals surface area contributed by atoms with E-state index in [1.807, 2.05) is 40.1 Å². The number of piperazine rings is 1. The fraction of sp³-hybridized carbons (Fsp3) is 0.391. The van der Waals surface area contributed by atoms with Gasteiger partial charge in [0.25, 0.3) is 11.8 Å². The summed E-state index contributed by atoms with van der Waals surface area (Å²) in [5.41, 5.74) is 1.76. The minimum Gasteiger partial charge on any atom is -0.368 e. The van der Waals surface area contributed by atoms with Crippen LogP contribution in [0.25, 0.3) is 0 Å². The number of amides is 2. The molecule has 0 radical (unpaired) electrons. The van der Waals surface area contributed by atoms with Crippen LogP contribution in [0, 0.1) is 0 Å². The first-order valence-electron chi connectivity index (χ1n) is 10.4. The van der Waals surface area contributed by atoms with E-state index in [1.54, 1.807) is 23.9 Å². The number of carbonyl (C=O) groups excluding carboxylic acids is 2. The average molecular weight is 479 g/mol. The lowest BCUT2D eigenvalue weighted by Crippen LogP contribution is -2.52. The molecule has 0 spiro atoms. The highest BCUT2D eigenvalue weighted by Gasteiger charge is 2.31. The van der Waals surface area contributed by atoms with Crippen molar-refractivity contribution in [1.29, 1.82) is 0 Å². The molecule has 0 aromatic heterocycles. The van der Waals surface area contributed by atoms with Crippen LogP contribution in [0.3, 0.4) is 0 Å². The quantitative estimate of drug-likeness (QED) is 0.581. The van der Waals surface area contributed by atoms with E-state index in [-0.39, 0.29) is 17.9 Å². The van der Waals surface area contributed by atoms with Crippen molar-refractivity contribution >= 4 is 46.8 Å². The zero-order valence-electron chi connectivity index (χ0n) is 17.1. The molecule has 4 rings (SSSR count). The van der Waals surface area contributed by atoms with Crippen LogP contribution < -0.4 is 0 Å². The van der Waals surface area contributed by atoms with Gasteiger partial charge in [0.05, 0.1) is 5.02 Å². The molecule has 2 aliphatic rings. The molecule has 2 heterocycles. The van der Waals surface area contributed by atoms with Crippen molar-refractivity contribution in [2.75, 3.05) is 32.8 Å². The van der Waals surface area contributed by atoms with Gasteiger partial charge in [-0.15, -0.1) is 11.8 Å². The summed E-state index contributed by atoms with van der Waals surface area (Å²) in [5.74, 6) is 0.797. The van der Waals surface area contributed by atoms with Crippen molar-refractivity contribution in [1.82, 2.24) is 9.80 Å². The van der Waals surface area contributed by atoms with Crippen molar-refractivity contribution in [2.45, 2.75) is 29.6 Å². The molecule has 31 heavy (non-hydrogen) atoms. The minimum atomic E-state index is -0.297. The van der Waals surface area contributed by atoms with Crippen molar-refractivity contribution < 1.29 is 14.3 Å². The van der Waals surface area contributed by atoms with E-state index in [1.165, 1.54) is 0 Å². The van der Waals surface area contributed by atoms with E-state index in [0.717, 1.165) is 29.1 Å². The summed E-state index contributed by atoms with van der Waals surface area (Å²) in [6, 6.07) is 13.1. The van der Waals surface area contributed by atoms with Crippen LogP contribution in [0.5, 0.6) is 0 Å². The Morgan fingerprint density at radius 3 is 2.39 bits per heavy atom. The van der Waals surface area contributed by atoms with Crippen LogP contribution in [-0.4, -0.2) is 60.5 Å². The molecule has 0 aliphatic carbocycles. The third kappa shape index (κ3) is 5.55. The number of hydrogen-bond acceptors (Lipinski definition) is 4. The molecule has 0 bridgehead atoms. The smallest absolute Gasteiger partial charge is 0.253 e. The second-order valence-corrected chi connectivity index (χ2v) is 9.54. The Balaban J connectivity index is 1.29. The number of hydrogen-bond donors (Lipinski definition) is 0. The molecular formula is C23H24Cl2N2O3S. The maximum atomic E-state index is 12.9.